The van der Waals surface area contributed by atoms with E-state index >= 15 is 0 Å². The van der Waals surface area contributed by atoms with E-state index < -0.39 is 0 Å². The Hall–Kier alpha value is 2.34. The summed E-state index contributed by atoms with van der Waals surface area (Å²) in [6.45, 7) is 3.11. The molecule has 0 aliphatic rings. The fraction of sp³-hybridized carbons (Fsp3) is 1.00. The normalized spacial score (nSPS) is 9.00. The van der Waals surface area contributed by atoms with Crippen LogP contribution in [-0.2, 0) is 0 Å². The van der Waals surface area contributed by atoms with Gasteiger partial charge in [-0.15, -0.1) is 0 Å². The Bertz CT molecular complexity index is 59.0. The van der Waals surface area contributed by atoms with Gasteiger partial charge in [0.15, 0.2) is 0 Å². The predicted molar refractivity (Wildman–Crippen MR) is 76.2 cm³/mol. The molecule has 0 unspecified atom stereocenters. The van der Waals surface area contributed by atoms with E-state index in [4.69, 9.17) is 5.73 Å². The van der Waals surface area contributed by atoms with Gasteiger partial charge in [-0.25, -0.2) is 0 Å². The first-order valence-electron chi connectivity index (χ1n) is 4.49. The van der Waals surface area contributed by atoms with Crippen LogP contribution < -0.4 is 5.73 Å². The summed E-state index contributed by atoms with van der Waals surface area (Å²) in [5.41, 5.74) is 5.34. The summed E-state index contributed by atoms with van der Waals surface area (Å²) in [6, 6.07) is 0. The zero-order valence-corrected chi connectivity index (χ0v) is 16.0. The molecule has 0 heterocycles. The van der Waals surface area contributed by atoms with Crippen molar-refractivity contribution in [3.05, 3.63) is 0 Å². The third kappa shape index (κ3) is 22.8. The van der Waals surface area contributed by atoms with Crippen LogP contribution in [0.1, 0.15) is 45.4 Å². The Morgan fingerprint density at radius 3 is 1.83 bits per heavy atom. The molecule has 0 bridgehead atoms. The number of rotatable bonds is 6. The van der Waals surface area contributed by atoms with E-state index in [9.17, 15) is 0 Å². The topological polar surface area (TPSA) is 26.0 Å². The molecule has 0 fully saturated rings. The van der Waals surface area contributed by atoms with Gasteiger partial charge in [0, 0.05) is 0 Å². The average Bonchev–Trinajstić information content (AvgIpc) is 2.06. The van der Waals surface area contributed by atoms with Gasteiger partial charge in [0.25, 0.3) is 0 Å². The maximum absolute atomic E-state index is 5.34. The van der Waals surface area contributed by atoms with Crippen LogP contribution in [0.3, 0.4) is 0 Å². The van der Waals surface area contributed by atoms with Gasteiger partial charge in [-0.2, -0.15) is 0 Å². The second kappa shape index (κ2) is 19.0. The molecule has 74 valence electrons. The SMILES string of the molecule is CCCCCCCCN.[I][Pb][I]. The van der Waals surface area contributed by atoms with Gasteiger partial charge >= 0.3 is 51.2 Å². The molecule has 0 aliphatic carbocycles. The molecule has 2 N–H and O–H groups in total. The van der Waals surface area contributed by atoms with Gasteiger partial charge in [0.2, 0.25) is 0 Å². The average molecular weight is 590 g/mol. The zero-order valence-electron chi connectivity index (χ0n) is 7.78. The quantitative estimate of drug-likeness (QED) is 0.285. The molecular formula is C8H19I2NPb. The van der Waals surface area contributed by atoms with Crippen molar-refractivity contribution in [2.75, 3.05) is 6.54 Å². The molecule has 0 aliphatic heterocycles. The van der Waals surface area contributed by atoms with Crippen molar-refractivity contribution in [3.63, 3.8) is 0 Å². The molecule has 4 heteroatoms. The molecular weight excluding hydrogens is 571 g/mol. The third-order valence-electron chi connectivity index (χ3n) is 1.56. The van der Waals surface area contributed by atoms with E-state index in [1.807, 2.05) is 0 Å². The second-order valence-corrected chi connectivity index (χ2v) is 30.8. The molecule has 12 heavy (non-hydrogen) atoms. The molecule has 0 saturated heterocycles. The van der Waals surface area contributed by atoms with Gasteiger partial charge in [-0.3, -0.25) is 0 Å². The molecule has 0 aromatic carbocycles. The minimum absolute atomic E-state index is 0.0233. The number of halogens is 2. The van der Waals surface area contributed by atoms with E-state index in [2.05, 4.69) is 42.4 Å². The van der Waals surface area contributed by atoms with E-state index in [1.165, 1.54) is 38.5 Å². The van der Waals surface area contributed by atoms with E-state index in [1.54, 1.807) is 0 Å². The molecule has 0 atom stereocenters. The first-order chi connectivity index (χ1) is 5.83. The van der Waals surface area contributed by atoms with Crippen molar-refractivity contribution in [2.24, 2.45) is 5.73 Å². The van der Waals surface area contributed by atoms with Crippen molar-refractivity contribution >= 4 is 51.2 Å². The Balaban J connectivity index is 0. The van der Waals surface area contributed by atoms with Crippen LogP contribution in [0.2, 0.25) is 0 Å². The van der Waals surface area contributed by atoms with Gasteiger partial charge in [-0.05, 0) is 13.0 Å². The molecule has 0 saturated carbocycles. The van der Waals surface area contributed by atoms with E-state index in [0.29, 0.717) is 0 Å². The summed E-state index contributed by atoms with van der Waals surface area (Å²) in [5.74, 6) is 0. The first-order valence-corrected chi connectivity index (χ1v) is 26.4. The molecule has 2 radical (unpaired) electrons. The number of hydrogen-bond donors (Lipinski definition) is 1. The number of nitrogens with two attached hydrogens (primary N) is 1. The Kier molecular flexibility index (Phi) is 26.5. The summed E-state index contributed by atoms with van der Waals surface area (Å²) in [5, 5.41) is 0. The molecule has 0 amide bonds. The Morgan fingerprint density at radius 1 is 1.00 bits per heavy atom. The van der Waals surface area contributed by atoms with Crippen LogP contribution in [0.25, 0.3) is 0 Å². The number of unbranched alkanes of at least 4 members (excludes halogenated alkanes) is 5. The van der Waals surface area contributed by atoms with Crippen LogP contribution >= 0.6 is 35.5 Å². The van der Waals surface area contributed by atoms with Gasteiger partial charge in [0.05, 0.1) is 0 Å². The second-order valence-electron chi connectivity index (χ2n) is 2.63. The molecule has 1 nitrogen and oxygen atoms in total. The van der Waals surface area contributed by atoms with Crippen molar-refractivity contribution in [1.82, 2.24) is 0 Å². The van der Waals surface area contributed by atoms with Crippen molar-refractivity contribution in [3.8, 4) is 0 Å². The Morgan fingerprint density at radius 2 is 1.42 bits per heavy atom. The van der Waals surface area contributed by atoms with Gasteiger partial charge in [0.1, 0.15) is 0 Å². The van der Waals surface area contributed by atoms with Crippen LogP contribution in [0.15, 0.2) is 0 Å². The van der Waals surface area contributed by atoms with Crippen LogP contribution in [0, 0.1) is 0 Å². The zero-order chi connectivity index (χ0) is 9.66. The predicted octanol–water partition coefficient (Wildman–Crippen LogP) is 3.70. The maximum atomic E-state index is 5.34. The van der Waals surface area contributed by atoms with Crippen molar-refractivity contribution in [1.29, 1.82) is 0 Å². The van der Waals surface area contributed by atoms with Crippen LogP contribution in [0.5, 0.6) is 0 Å². The monoisotopic (exact) mass is 591 g/mol. The first kappa shape index (κ1) is 16.8. The van der Waals surface area contributed by atoms with Gasteiger partial charge in [-0.1, -0.05) is 39.0 Å². The Labute approximate surface area is 107 Å². The summed E-state index contributed by atoms with van der Waals surface area (Å²) in [6.07, 6.45) is 8.05. The van der Waals surface area contributed by atoms with Gasteiger partial charge < -0.3 is 5.73 Å². The standard InChI is InChI=1S/C8H19N.2HI.Pb/c1-2-3-4-5-6-7-8-9;;;/h2-9H2,1H3;2*1H;/q;;;+2/p-2. The fourth-order valence-electron chi connectivity index (χ4n) is 0.925. The van der Waals surface area contributed by atoms with E-state index in [-0.39, 0.29) is 15.6 Å². The summed E-state index contributed by atoms with van der Waals surface area (Å²) < 4.78 is 0. The van der Waals surface area contributed by atoms with Crippen molar-refractivity contribution in [2.45, 2.75) is 45.4 Å². The number of hydrogen-bond acceptors (Lipinski definition) is 1. The minimum atomic E-state index is 0.0233. The summed E-state index contributed by atoms with van der Waals surface area (Å²) in [4.78, 5) is 0. The third-order valence-corrected chi connectivity index (χ3v) is 1.56. The summed E-state index contributed by atoms with van der Waals surface area (Å²) >= 11 is 4.96. The molecule has 0 aromatic rings. The summed E-state index contributed by atoms with van der Waals surface area (Å²) in [7, 11) is 0. The van der Waals surface area contributed by atoms with E-state index in [0.717, 1.165) is 6.54 Å². The molecule has 0 aromatic heterocycles. The fourth-order valence-corrected chi connectivity index (χ4v) is 0.925. The molecule has 0 spiro atoms. The molecule has 0 rings (SSSR count). The van der Waals surface area contributed by atoms with Crippen molar-refractivity contribution < 1.29 is 0 Å². The van der Waals surface area contributed by atoms with Crippen LogP contribution in [0.4, 0.5) is 0 Å². The van der Waals surface area contributed by atoms with Crippen LogP contribution in [-0.4, -0.2) is 22.2 Å².